The molecule has 1 amide bonds. The van der Waals surface area contributed by atoms with E-state index in [4.69, 9.17) is 4.74 Å². The summed E-state index contributed by atoms with van der Waals surface area (Å²) in [5.74, 6) is 0.497. The zero-order valence-corrected chi connectivity index (χ0v) is 17.9. The van der Waals surface area contributed by atoms with Gasteiger partial charge in [-0.1, -0.05) is 36.5 Å². The maximum absolute atomic E-state index is 12.5. The number of hydrogen-bond donors (Lipinski definition) is 0. The second-order valence-electron chi connectivity index (χ2n) is 6.44. The Morgan fingerprint density at radius 3 is 2.46 bits per heavy atom. The smallest absolute Gasteiger partial charge is 0.252 e. The molecule has 8 heteroatoms. The van der Waals surface area contributed by atoms with Gasteiger partial charge in [0.1, 0.15) is 11.3 Å². The first-order valence-electron chi connectivity index (χ1n) is 8.79. The number of nitrogens with zero attached hydrogens (tertiary/aromatic N) is 2. The molecule has 0 bridgehead atoms. The Kier molecular flexibility index (Phi) is 5.71. The van der Waals surface area contributed by atoms with Crippen LogP contribution in [0, 0.1) is 6.92 Å². The molecule has 3 rings (SSSR count). The molecule has 0 aliphatic carbocycles. The van der Waals surface area contributed by atoms with Gasteiger partial charge < -0.3 is 9.30 Å². The third-order valence-corrected chi connectivity index (χ3v) is 7.58. The minimum Gasteiger partial charge on any atom is -0.495 e. The van der Waals surface area contributed by atoms with Crippen LogP contribution in [0.3, 0.4) is 0 Å². The van der Waals surface area contributed by atoms with Gasteiger partial charge in [0, 0.05) is 7.05 Å². The van der Waals surface area contributed by atoms with Gasteiger partial charge >= 0.3 is 0 Å². The average molecular weight is 419 g/mol. The molecule has 148 valence electrons. The van der Waals surface area contributed by atoms with Crippen molar-refractivity contribution < 1.29 is 17.9 Å². The van der Waals surface area contributed by atoms with Crippen LogP contribution in [0.5, 0.6) is 5.75 Å². The van der Waals surface area contributed by atoms with Crippen molar-refractivity contribution in [3.8, 4) is 5.75 Å². The lowest BCUT2D eigenvalue weighted by Gasteiger charge is -2.05. The van der Waals surface area contributed by atoms with E-state index in [-0.39, 0.29) is 23.0 Å². The molecule has 1 aromatic heterocycles. The molecule has 0 atom stereocenters. The van der Waals surface area contributed by atoms with Crippen LogP contribution in [0.15, 0.2) is 46.3 Å². The predicted octanol–water partition coefficient (Wildman–Crippen LogP) is 3.02. The minimum atomic E-state index is -3.25. The quantitative estimate of drug-likeness (QED) is 0.638. The zero-order valence-electron chi connectivity index (χ0n) is 16.2. The lowest BCUT2D eigenvalue weighted by atomic mass is 10.1. The number of fused-ring (bicyclic) bond motifs is 1. The number of thiazole rings is 1. The van der Waals surface area contributed by atoms with E-state index in [1.807, 2.05) is 30.7 Å². The Hall–Kier alpha value is -2.45. The molecule has 0 saturated heterocycles. The van der Waals surface area contributed by atoms with E-state index in [0.717, 1.165) is 27.1 Å². The number of hydrogen-bond acceptors (Lipinski definition) is 5. The molecule has 0 radical (unpaired) electrons. The molecule has 0 fully saturated rings. The Bertz CT molecular complexity index is 1200. The van der Waals surface area contributed by atoms with E-state index in [1.165, 1.54) is 23.5 Å². The molecule has 0 saturated carbocycles. The fourth-order valence-corrected chi connectivity index (χ4v) is 4.93. The number of aryl methyl sites for hydroxylation is 2. The van der Waals surface area contributed by atoms with Crippen LogP contribution in [0.2, 0.25) is 0 Å². The van der Waals surface area contributed by atoms with Crippen LogP contribution in [-0.2, 0) is 28.1 Å². The van der Waals surface area contributed by atoms with Crippen molar-refractivity contribution in [3.63, 3.8) is 0 Å². The minimum absolute atomic E-state index is 0.0475. The summed E-state index contributed by atoms with van der Waals surface area (Å²) in [6.45, 7) is 3.61. The molecular weight excluding hydrogens is 396 g/mol. The van der Waals surface area contributed by atoms with E-state index in [9.17, 15) is 13.2 Å². The number of amides is 1. The van der Waals surface area contributed by atoms with E-state index >= 15 is 0 Å². The number of rotatable bonds is 5. The maximum Gasteiger partial charge on any atom is 0.252 e. The number of aromatic nitrogens is 1. The lowest BCUT2D eigenvalue weighted by Crippen LogP contribution is -2.14. The predicted molar refractivity (Wildman–Crippen MR) is 111 cm³/mol. The topological polar surface area (TPSA) is 77.7 Å². The summed E-state index contributed by atoms with van der Waals surface area (Å²) in [4.78, 5) is 17.6. The first kappa shape index (κ1) is 20.3. The summed E-state index contributed by atoms with van der Waals surface area (Å²) in [5.41, 5.74) is 2.73. The summed E-state index contributed by atoms with van der Waals surface area (Å²) in [6.07, 6.45) is 0.108. The highest BCUT2D eigenvalue weighted by Gasteiger charge is 2.13. The second-order valence-corrected chi connectivity index (χ2v) is 9.69. The van der Waals surface area contributed by atoms with Crippen molar-refractivity contribution in [1.82, 2.24) is 4.57 Å². The summed E-state index contributed by atoms with van der Waals surface area (Å²) in [6, 6.07) is 10.3. The van der Waals surface area contributed by atoms with Gasteiger partial charge in [0.2, 0.25) is 0 Å². The maximum atomic E-state index is 12.5. The van der Waals surface area contributed by atoms with E-state index in [2.05, 4.69) is 4.99 Å². The number of carbonyl (C=O) groups is 1. The van der Waals surface area contributed by atoms with E-state index in [1.54, 1.807) is 26.2 Å². The molecule has 0 aliphatic heterocycles. The molecule has 0 spiro atoms. The largest absolute Gasteiger partial charge is 0.495 e. The molecule has 0 unspecified atom stereocenters. The Morgan fingerprint density at radius 2 is 1.86 bits per heavy atom. The molecule has 28 heavy (non-hydrogen) atoms. The van der Waals surface area contributed by atoms with Crippen LogP contribution < -0.4 is 9.54 Å². The summed E-state index contributed by atoms with van der Waals surface area (Å²) in [5, 5.41) is 0. The highest BCUT2D eigenvalue weighted by atomic mass is 32.2. The first-order chi connectivity index (χ1) is 13.3. The highest BCUT2D eigenvalue weighted by molar-refractivity contribution is 7.91. The molecular formula is C20H22N2O4S2. The summed E-state index contributed by atoms with van der Waals surface area (Å²) >= 11 is 1.44. The summed E-state index contributed by atoms with van der Waals surface area (Å²) < 4.78 is 32.1. The van der Waals surface area contributed by atoms with Crippen LogP contribution in [-0.4, -0.2) is 31.8 Å². The third-order valence-electron chi connectivity index (χ3n) is 4.57. The average Bonchev–Trinajstić information content (AvgIpc) is 3.00. The van der Waals surface area contributed by atoms with Crippen LogP contribution >= 0.6 is 11.3 Å². The van der Waals surface area contributed by atoms with Crippen molar-refractivity contribution in [1.29, 1.82) is 0 Å². The monoisotopic (exact) mass is 418 g/mol. The van der Waals surface area contributed by atoms with Crippen molar-refractivity contribution in [3.05, 3.63) is 52.3 Å². The lowest BCUT2D eigenvalue weighted by molar-refractivity contribution is -0.117. The molecule has 6 nitrogen and oxygen atoms in total. The van der Waals surface area contributed by atoms with Crippen molar-refractivity contribution in [2.75, 3.05) is 12.9 Å². The number of ether oxygens (including phenoxy) is 1. The third kappa shape index (κ3) is 3.88. The van der Waals surface area contributed by atoms with Crippen molar-refractivity contribution in [2.24, 2.45) is 12.0 Å². The molecule has 0 N–H and O–H groups in total. The van der Waals surface area contributed by atoms with Gasteiger partial charge in [-0.2, -0.15) is 4.99 Å². The Labute approximate surface area is 168 Å². The van der Waals surface area contributed by atoms with E-state index in [0.29, 0.717) is 4.80 Å². The van der Waals surface area contributed by atoms with Gasteiger partial charge in [-0.05, 0) is 36.2 Å². The van der Waals surface area contributed by atoms with Crippen LogP contribution in [0.1, 0.15) is 18.1 Å². The van der Waals surface area contributed by atoms with Gasteiger partial charge in [0.25, 0.3) is 5.91 Å². The van der Waals surface area contributed by atoms with Gasteiger partial charge in [-0.15, -0.1) is 0 Å². The van der Waals surface area contributed by atoms with E-state index < -0.39 is 9.84 Å². The van der Waals surface area contributed by atoms with Gasteiger partial charge in [-0.3, -0.25) is 4.79 Å². The second kappa shape index (κ2) is 7.89. The van der Waals surface area contributed by atoms with Crippen LogP contribution in [0.25, 0.3) is 10.2 Å². The highest BCUT2D eigenvalue weighted by Crippen LogP contribution is 2.29. The molecule has 1 heterocycles. The number of benzene rings is 2. The number of sulfone groups is 1. The van der Waals surface area contributed by atoms with Crippen LogP contribution in [0.4, 0.5) is 0 Å². The van der Waals surface area contributed by atoms with Gasteiger partial charge in [-0.25, -0.2) is 8.42 Å². The first-order valence-corrected chi connectivity index (χ1v) is 11.3. The summed E-state index contributed by atoms with van der Waals surface area (Å²) in [7, 11) is 0.231. The SMILES string of the molecule is CCS(=O)(=O)c1ccc(CC(=O)N=c2sc3c(C)ccc(OC)c3n2C)cc1. The van der Waals surface area contributed by atoms with Gasteiger partial charge in [0.15, 0.2) is 14.6 Å². The van der Waals surface area contributed by atoms with Crippen molar-refractivity contribution >= 4 is 37.3 Å². The Balaban J connectivity index is 1.91. The number of carbonyl (C=O) groups excluding carboxylic acids is 1. The van der Waals surface area contributed by atoms with Crippen molar-refractivity contribution in [2.45, 2.75) is 25.2 Å². The fourth-order valence-electron chi connectivity index (χ4n) is 2.92. The number of methoxy groups -OCH3 is 1. The normalized spacial score (nSPS) is 12.5. The van der Waals surface area contributed by atoms with Gasteiger partial charge in [0.05, 0.1) is 28.9 Å². The molecule has 2 aromatic carbocycles. The Morgan fingerprint density at radius 1 is 1.18 bits per heavy atom. The molecule has 3 aromatic rings. The fraction of sp³-hybridized carbons (Fsp3) is 0.300. The zero-order chi connectivity index (χ0) is 20.5. The molecule has 0 aliphatic rings. The standard InChI is InChI=1S/C20H22N2O4S2/c1-5-28(24,25)15-9-7-14(8-10-15)12-17(23)21-20-22(3)18-16(26-4)11-6-13(2)19(18)27-20/h6-11H,5,12H2,1-4H3.